The molecular weight excluding hydrogens is 514 g/mol. The van der Waals surface area contributed by atoms with Crippen molar-refractivity contribution in [2.75, 3.05) is 0 Å². The van der Waals surface area contributed by atoms with Crippen molar-refractivity contribution in [1.82, 2.24) is 16.0 Å². The van der Waals surface area contributed by atoms with Crippen LogP contribution in [0.1, 0.15) is 79.3 Å². The molecule has 2 rings (SSSR count). The van der Waals surface area contributed by atoms with Gasteiger partial charge >= 0.3 is 5.97 Å². The minimum Gasteiger partial charge on any atom is -0.480 e. The van der Waals surface area contributed by atoms with Crippen LogP contribution in [0.5, 0.6) is 0 Å². The quantitative estimate of drug-likeness (QED) is 0.219. The van der Waals surface area contributed by atoms with Gasteiger partial charge in [0.15, 0.2) is 0 Å². The lowest BCUT2D eigenvalue weighted by Crippen LogP contribution is -2.56. The van der Waals surface area contributed by atoms with Crippen LogP contribution in [-0.4, -0.2) is 64.3 Å². The summed E-state index contributed by atoms with van der Waals surface area (Å²) in [5.74, 6) is -3.79. The molecule has 1 fully saturated rings. The lowest BCUT2D eigenvalue weighted by Gasteiger charge is -2.39. The van der Waals surface area contributed by atoms with Crippen LogP contribution in [0.2, 0.25) is 0 Å². The van der Waals surface area contributed by atoms with E-state index in [1.165, 1.54) is 0 Å². The minimum absolute atomic E-state index is 0.299. The smallest absolute Gasteiger partial charge is 0.326 e. The lowest BCUT2D eigenvalue weighted by molar-refractivity contribution is -0.151. The Labute approximate surface area is 237 Å². The van der Waals surface area contributed by atoms with E-state index in [0.717, 1.165) is 5.56 Å². The van der Waals surface area contributed by atoms with E-state index in [-0.39, 0.29) is 17.7 Å². The molecule has 1 saturated carbocycles. The highest BCUT2D eigenvalue weighted by Gasteiger charge is 2.45. The molecule has 0 aromatic heterocycles. The molecule has 3 amide bonds. The molecular formula is C30H47N3O7. The van der Waals surface area contributed by atoms with Gasteiger partial charge in [0.25, 0.3) is 0 Å². The Morgan fingerprint density at radius 1 is 0.975 bits per heavy atom. The predicted molar refractivity (Wildman–Crippen MR) is 151 cm³/mol. The molecule has 0 saturated heterocycles. The zero-order valence-electron chi connectivity index (χ0n) is 24.7. The fraction of sp³-hybridized carbons (Fsp3) is 0.667. The summed E-state index contributed by atoms with van der Waals surface area (Å²) in [6, 6.07) is 6.55. The Morgan fingerprint density at radius 2 is 1.57 bits per heavy atom. The molecule has 10 heteroatoms. The van der Waals surface area contributed by atoms with Gasteiger partial charge in [0.1, 0.15) is 18.2 Å². The van der Waals surface area contributed by atoms with E-state index in [1.54, 1.807) is 27.7 Å². The lowest BCUT2D eigenvalue weighted by atomic mass is 9.83. The zero-order chi connectivity index (χ0) is 30.2. The first-order valence-electron chi connectivity index (χ1n) is 14.1. The summed E-state index contributed by atoms with van der Waals surface area (Å²) in [7, 11) is 0. The van der Waals surface area contributed by atoms with E-state index in [9.17, 15) is 29.4 Å². The van der Waals surface area contributed by atoms with Gasteiger partial charge in [0.2, 0.25) is 18.2 Å². The van der Waals surface area contributed by atoms with E-state index < -0.39 is 59.6 Å². The number of carbonyl (C=O) groups excluding carboxylic acids is 3. The van der Waals surface area contributed by atoms with Crippen LogP contribution >= 0.6 is 0 Å². The Bertz CT molecular complexity index is 993. The van der Waals surface area contributed by atoms with Crippen molar-refractivity contribution >= 4 is 24.2 Å². The molecule has 1 aromatic rings. The first kappa shape index (κ1) is 33.2. The van der Waals surface area contributed by atoms with Gasteiger partial charge in [-0.15, -0.1) is 0 Å². The summed E-state index contributed by atoms with van der Waals surface area (Å²) >= 11 is 0. The van der Waals surface area contributed by atoms with Crippen molar-refractivity contribution in [3.05, 3.63) is 35.9 Å². The van der Waals surface area contributed by atoms with Gasteiger partial charge in [-0.2, -0.15) is 0 Å². The topological polar surface area (TPSA) is 154 Å². The number of nitrogens with one attached hydrogen (secondary N) is 3. The fourth-order valence-electron chi connectivity index (χ4n) is 5.38. The van der Waals surface area contributed by atoms with Crippen molar-refractivity contribution in [2.24, 2.45) is 23.7 Å². The van der Waals surface area contributed by atoms with Gasteiger partial charge in [-0.1, -0.05) is 64.4 Å². The number of aliphatic hydroxyl groups is 1. The summed E-state index contributed by atoms with van der Waals surface area (Å²) in [5.41, 5.74) is 0.105. The monoisotopic (exact) mass is 561 g/mol. The standard InChI is InChI=1S/C30H47N3O7/c1-17(2)22(28(37)33-23(18(3)4)29(38)39)32-27(36)21-15-11-14-20(21)25(35)26(40-30(5,6)7)24(31-16-34)19-12-9-8-10-13-19/h8-10,12-13,16-18,20-26,35H,11,14-15H2,1-7H3,(H,31,34)(H,32,36)(H,33,37)(H,38,39)/t20?,21-,22-,23?,24?,25?,26?/m1/s1. The third-order valence-electron chi connectivity index (χ3n) is 7.38. The number of carbonyl (C=O) groups is 4. The molecule has 1 aromatic carbocycles. The molecule has 0 spiro atoms. The van der Waals surface area contributed by atoms with Gasteiger partial charge in [-0.05, 0) is 56.9 Å². The van der Waals surface area contributed by atoms with Crippen LogP contribution < -0.4 is 16.0 Å². The fourth-order valence-corrected chi connectivity index (χ4v) is 5.38. The molecule has 0 aliphatic heterocycles. The van der Waals surface area contributed by atoms with Crippen LogP contribution in [0.3, 0.4) is 0 Å². The Balaban J connectivity index is 2.31. The molecule has 0 radical (unpaired) electrons. The maximum atomic E-state index is 13.6. The molecule has 0 heterocycles. The molecule has 0 bridgehead atoms. The van der Waals surface area contributed by atoms with Crippen molar-refractivity contribution in [3.8, 4) is 0 Å². The predicted octanol–water partition coefficient (Wildman–Crippen LogP) is 2.80. The average Bonchev–Trinajstić information content (AvgIpc) is 3.36. The number of benzene rings is 1. The molecule has 5 unspecified atom stereocenters. The highest BCUT2D eigenvalue weighted by molar-refractivity contribution is 5.91. The van der Waals surface area contributed by atoms with Gasteiger partial charge in [0.05, 0.1) is 17.7 Å². The van der Waals surface area contributed by atoms with E-state index in [4.69, 9.17) is 4.74 Å². The number of aliphatic hydroxyl groups excluding tert-OH is 1. The maximum Gasteiger partial charge on any atom is 0.326 e. The van der Waals surface area contributed by atoms with Gasteiger partial charge in [-0.3, -0.25) is 14.4 Å². The number of ether oxygens (including phenoxy) is 1. The van der Waals surface area contributed by atoms with Gasteiger partial charge in [0, 0.05) is 5.92 Å². The molecule has 10 nitrogen and oxygen atoms in total. The van der Waals surface area contributed by atoms with Crippen LogP contribution in [0.25, 0.3) is 0 Å². The second kappa shape index (κ2) is 14.6. The largest absolute Gasteiger partial charge is 0.480 e. The van der Waals surface area contributed by atoms with Crippen molar-refractivity contribution in [3.63, 3.8) is 0 Å². The highest BCUT2D eigenvalue weighted by Crippen LogP contribution is 2.39. The van der Waals surface area contributed by atoms with Crippen LogP contribution in [0, 0.1) is 23.7 Å². The number of amides is 3. The number of hydrogen-bond donors (Lipinski definition) is 5. The van der Waals surface area contributed by atoms with Gasteiger partial charge in [-0.25, -0.2) is 4.79 Å². The first-order valence-corrected chi connectivity index (χ1v) is 14.1. The van der Waals surface area contributed by atoms with Crippen molar-refractivity contribution in [2.45, 2.75) is 104 Å². The summed E-state index contributed by atoms with van der Waals surface area (Å²) < 4.78 is 6.33. The van der Waals surface area contributed by atoms with Crippen LogP contribution in [0.4, 0.5) is 0 Å². The summed E-state index contributed by atoms with van der Waals surface area (Å²) in [5, 5.41) is 29.4. The Morgan fingerprint density at radius 3 is 2.08 bits per heavy atom. The van der Waals surface area contributed by atoms with Crippen molar-refractivity contribution in [1.29, 1.82) is 0 Å². The first-order chi connectivity index (χ1) is 18.7. The third-order valence-corrected chi connectivity index (χ3v) is 7.38. The molecule has 1 aliphatic carbocycles. The van der Waals surface area contributed by atoms with Crippen molar-refractivity contribution < 1.29 is 34.1 Å². The van der Waals surface area contributed by atoms with Crippen LogP contribution in [-0.2, 0) is 23.9 Å². The molecule has 7 atom stereocenters. The number of hydrogen-bond acceptors (Lipinski definition) is 6. The maximum absolute atomic E-state index is 13.6. The normalized spacial score (nSPS) is 21.2. The highest BCUT2D eigenvalue weighted by atomic mass is 16.5. The number of carboxylic acid groups (broad SMARTS) is 1. The SMILES string of the molecule is CC(C)C(NC(=O)[C@H](NC(=O)[C@@H]1CCCC1C(O)C(OC(C)(C)C)C(NC=O)c1ccccc1)C(C)C)C(=O)O. The summed E-state index contributed by atoms with van der Waals surface area (Å²) in [6.07, 6.45) is 0.417. The minimum atomic E-state index is -1.14. The second-order valence-electron chi connectivity index (χ2n) is 12.4. The van der Waals surface area contributed by atoms with E-state index in [2.05, 4.69) is 16.0 Å². The molecule has 1 aliphatic rings. The average molecular weight is 562 g/mol. The second-order valence-corrected chi connectivity index (χ2v) is 12.4. The van der Waals surface area contributed by atoms with Crippen LogP contribution in [0.15, 0.2) is 30.3 Å². The zero-order valence-corrected chi connectivity index (χ0v) is 24.7. The third kappa shape index (κ3) is 9.02. The molecule has 5 N–H and O–H groups in total. The van der Waals surface area contributed by atoms with E-state index in [1.807, 2.05) is 51.1 Å². The Hall–Kier alpha value is -2.98. The van der Waals surface area contributed by atoms with Gasteiger partial charge < -0.3 is 30.9 Å². The summed E-state index contributed by atoms with van der Waals surface area (Å²) in [6.45, 7) is 12.5. The summed E-state index contributed by atoms with van der Waals surface area (Å²) in [4.78, 5) is 49.8. The molecule has 40 heavy (non-hydrogen) atoms. The number of aliphatic carboxylic acids is 1. The van der Waals surface area contributed by atoms with E-state index in [0.29, 0.717) is 25.7 Å². The Kier molecular flexibility index (Phi) is 12.1. The van der Waals surface area contributed by atoms with E-state index >= 15 is 0 Å². The molecule has 224 valence electrons. The number of carboxylic acids is 1. The number of rotatable bonds is 14.